The van der Waals surface area contributed by atoms with Gasteiger partial charge in [-0.25, -0.2) is 4.79 Å². The van der Waals surface area contributed by atoms with Gasteiger partial charge in [-0.3, -0.25) is 0 Å². The van der Waals surface area contributed by atoms with Gasteiger partial charge in [0.2, 0.25) is 0 Å². The Kier molecular flexibility index (Phi) is 5.42. The van der Waals surface area contributed by atoms with Crippen molar-refractivity contribution in [3.8, 4) is 11.5 Å². The Bertz CT molecular complexity index is 569. The van der Waals surface area contributed by atoms with Crippen LogP contribution in [0.4, 0.5) is 0 Å². The van der Waals surface area contributed by atoms with Crippen LogP contribution in [0.3, 0.4) is 0 Å². The summed E-state index contributed by atoms with van der Waals surface area (Å²) in [5, 5.41) is 18.6. The largest absolute Gasteiger partial charge is 0.508 e. The van der Waals surface area contributed by atoms with Crippen LogP contribution in [0.15, 0.2) is 48.5 Å². The van der Waals surface area contributed by atoms with Gasteiger partial charge >= 0.3 is 5.97 Å². The molecule has 4 nitrogen and oxygen atoms in total. The first-order valence-electron chi connectivity index (χ1n) is 5.40. The first-order valence-corrected chi connectivity index (χ1v) is 5.40. The molecule has 0 aromatic heterocycles. The van der Waals surface area contributed by atoms with Crippen molar-refractivity contribution >= 4 is 5.97 Å². The van der Waals surface area contributed by atoms with Gasteiger partial charge in [0.05, 0.1) is 0 Å². The van der Waals surface area contributed by atoms with Crippen LogP contribution in [0, 0.1) is 0 Å². The number of hydrogen-bond donors (Lipinski definition) is 2. The summed E-state index contributed by atoms with van der Waals surface area (Å²) in [7, 11) is 0. The number of para-hydroxylation sites is 2. The van der Waals surface area contributed by atoms with Crippen molar-refractivity contribution in [3.05, 3.63) is 59.7 Å². The number of aromatic carboxylic acids is 1. The van der Waals surface area contributed by atoms with Crippen molar-refractivity contribution < 1.29 is 36.8 Å². The Balaban J connectivity index is 0.00000180. The minimum atomic E-state index is -1.04. The molecule has 0 aliphatic carbocycles. The number of rotatable bonds is 4. The zero-order chi connectivity index (χ0) is 13.0. The summed E-state index contributed by atoms with van der Waals surface area (Å²) < 4.78 is 5.42. The average molecular weight is 299 g/mol. The van der Waals surface area contributed by atoms with E-state index < -0.39 is 5.97 Å². The molecule has 0 saturated heterocycles. The second-order valence-electron chi connectivity index (χ2n) is 3.72. The first-order chi connectivity index (χ1) is 8.68. The number of carboxylic acids is 1. The summed E-state index contributed by atoms with van der Waals surface area (Å²) in [5.41, 5.74) is 0.714. The molecule has 2 aromatic rings. The molecule has 1 radical (unpaired) electrons. The van der Waals surface area contributed by atoms with Gasteiger partial charge in [0.15, 0.2) is 0 Å². The number of aromatic hydroxyl groups is 1. The molecular formula is C14H12MnO4. The van der Waals surface area contributed by atoms with Gasteiger partial charge < -0.3 is 14.9 Å². The average Bonchev–Trinajstić information content (AvgIpc) is 2.38. The zero-order valence-corrected chi connectivity index (χ0v) is 11.1. The van der Waals surface area contributed by atoms with E-state index in [0.717, 1.165) is 0 Å². The van der Waals surface area contributed by atoms with Crippen LogP contribution in [0.1, 0.15) is 15.9 Å². The molecule has 0 aliphatic rings. The SMILES string of the molecule is O=C(O)c1ccccc1OCc1ccccc1O.[Mn]. The van der Waals surface area contributed by atoms with E-state index in [1.54, 1.807) is 42.5 Å². The van der Waals surface area contributed by atoms with Gasteiger partial charge in [-0.15, -0.1) is 0 Å². The predicted molar refractivity (Wildman–Crippen MR) is 65.8 cm³/mol. The Morgan fingerprint density at radius 1 is 1.05 bits per heavy atom. The maximum Gasteiger partial charge on any atom is 0.339 e. The molecule has 0 amide bonds. The molecular weight excluding hydrogens is 287 g/mol. The van der Waals surface area contributed by atoms with E-state index in [0.29, 0.717) is 5.56 Å². The Morgan fingerprint density at radius 3 is 2.37 bits per heavy atom. The fourth-order valence-electron chi connectivity index (χ4n) is 1.56. The first kappa shape index (κ1) is 15.1. The van der Waals surface area contributed by atoms with Gasteiger partial charge in [0.1, 0.15) is 23.7 Å². The third-order valence-corrected chi connectivity index (χ3v) is 2.49. The van der Waals surface area contributed by atoms with Crippen LogP contribution >= 0.6 is 0 Å². The van der Waals surface area contributed by atoms with E-state index in [4.69, 9.17) is 9.84 Å². The summed E-state index contributed by atoms with van der Waals surface area (Å²) in [5.74, 6) is -0.624. The topological polar surface area (TPSA) is 66.8 Å². The normalized spacial score (nSPS) is 9.47. The summed E-state index contributed by atoms with van der Waals surface area (Å²) in [6, 6.07) is 13.2. The monoisotopic (exact) mass is 299 g/mol. The van der Waals surface area contributed by atoms with Crippen molar-refractivity contribution in [1.29, 1.82) is 0 Å². The Morgan fingerprint density at radius 2 is 1.68 bits per heavy atom. The van der Waals surface area contributed by atoms with E-state index >= 15 is 0 Å². The molecule has 0 unspecified atom stereocenters. The number of ether oxygens (including phenoxy) is 1. The van der Waals surface area contributed by atoms with E-state index in [-0.39, 0.29) is 40.7 Å². The molecule has 0 fully saturated rings. The molecule has 0 aliphatic heterocycles. The van der Waals surface area contributed by atoms with Crippen molar-refractivity contribution in [2.75, 3.05) is 0 Å². The van der Waals surface area contributed by atoms with Crippen LogP contribution in [0.2, 0.25) is 0 Å². The number of phenols is 1. The van der Waals surface area contributed by atoms with Gasteiger partial charge in [-0.2, -0.15) is 0 Å². The van der Waals surface area contributed by atoms with Gasteiger partial charge in [0, 0.05) is 22.6 Å². The standard InChI is InChI=1S/C14H12O4.Mn/c15-12-7-3-1-5-10(12)9-18-13-8-4-2-6-11(13)14(16)17;/h1-8,15H,9H2,(H,16,17);. The molecule has 2 N–H and O–H groups in total. The number of phenolic OH excluding ortho intramolecular Hbond substituents is 1. The molecule has 99 valence electrons. The number of benzene rings is 2. The Labute approximate surface area is 121 Å². The van der Waals surface area contributed by atoms with Crippen LogP contribution in [-0.2, 0) is 23.7 Å². The second-order valence-corrected chi connectivity index (χ2v) is 3.72. The minimum absolute atomic E-state index is 0. The molecule has 0 atom stereocenters. The maximum absolute atomic E-state index is 11.0. The number of hydrogen-bond acceptors (Lipinski definition) is 3. The van der Waals surface area contributed by atoms with Gasteiger partial charge in [0.25, 0.3) is 0 Å². The fraction of sp³-hybridized carbons (Fsp3) is 0.0714. The molecule has 0 saturated carbocycles. The van der Waals surface area contributed by atoms with Crippen LogP contribution in [0.25, 0.3) is 0 Å². The molecule has 19 heavy (non-hydrogen) atoms. The van der Waals surface area contributed by atoms with Crippen LogP contribution < -0.4 is 4.74 Å². The quantitative estimate of drug-likeness (QED) is 0.852. The third-order valence-electron chi connectivity index (χ3n) is 2.49. The summed E-state index contributed by atoms with van der Waals surface area (Å²) >= 11 is 0. The fourth-order valence-corrected chi connectivity index (χ4v) is 1.56. The third kappa shape index (κ3) is 3.74. The number of carboxylic acid groups (broad SMARTS) is 1. The second kappa shape index (κ2) is 6.83. The molecule has 5 heteroatoms. The molecule has 2 rings (SSSR count). The van der Waals surface area contributed by atoms with Crippen molar-refractivity contribution in [1.82, 2.24) is 0 Å². The minimum Gasteiger partial charge on any atom is -0.508 e. The van der Waals surface area contributed by atoms with E-state index in [2.05, 4.69) is 0 Å². The van der Waals surface area contributed by atoms with E-state index in [1.165, 1.54) is 6.07 Å². The van der Waals surface area contributed by atoms with E-state index in [9.17, 15) is 9.90 Å². The maximum atomic E-state index is 11.0. The predicted octanol–water partition coefficient (Wildman–Crippen LogP) is 2.67. The smallest absolute Gasteiger partial charge is 0.339 e. The summed E-state index contributed by atoms with van der Waals surface area (Å²) in [6.45, 7) is 0.122. The summed E-state index contributed by atoms with van der Waals surface area (Å²) in [6.07, 6.45) is 0. The molecule has 0 spiro atoms. The van der Waals surface area contributed by atoms with E-state index in [1.807, 2.05) is 0 Å². The molecule has 2 aromatic carbocycles. The van der Waals surface area contributed by atoms with Crippen LogP contribution in [0.5, 0.6) is 11.5 Å². The van der Waals surface area contributed by atoms with Crippen molar-refractivity contribution in [3.63, 3.8) is 0 Å². The van der Waals surface area contributed by atoms with Crippen molar-refractivity contribution in [2.45, 2.75) is 6.61 Å². The summed E-state index contributed by atoms with van der Waals surface area (Å²) in [4.78, 5) is 11.0. The van der Waals surface area contributed by atoms with Crippen LogP contribution in [-0.4, -0.2) is 16.2 Å². The van der Waals surface area contributed by atoms with Crippen molar-refractivity contribution in [2.24, 2.45) is 0 Å². The number of carbonyl (C=O) groups is 1. The Hall–Kier alpha value is -1.97. The van der Waals surface area contributed by atoms with Gasteiger partial charge in [-0.1, -0.05) is 30.3 Å². The molecule has 0 heterocycles. The zero-order valence-electron chi connectivity index (χ0n) is 9.91. The van der Waals surface area contributed by atoms with Gasteiger partial charge in [-0.05, 0) is 18.2 Å². The molecule has 0 bridgehead atoms.